The van der Waals surface area contributed by atoms with Gasteiger partial charge >= 0.3 is 0 Å². The molecule has 1 aliphatic heterocycles. The number of carbonyl (C=O) groups excluding carboxylic acids is 2. The van der Waals surface area contributed by atoms with Gasteiger partial charge in [0, 0.05) is 38.9 Å². The highest BCUT2D eigenvalue weighted by Crippen LogP contribution is 2.12. The van der Waals surface area contributed by atoms with Gasteiger partial charge in [0.05, 0.1) is 6.54 Å². The fraction of sp³-hybridized carbons (Fsp3) is 0.417. The van der Waals surface area contributed by atoms with Crippen LogP contribution in [0.2, 0.25) is 0 Å². The Morgan fingerprint density at radius 3 is 2.94 bits per heavy atom. The van der Waals surface area contributed by atoms with Crippen LogP contribution in [0.1, 0.15) is 10.4 Å². The van der Waals surface area contributed by atoms with Crippen molar-refractivity contribution in [2.45, 2.75) is 0 Å². The number of rotatable bonds is 2. The summed E-state index contributed by atoms with van der Waals surface area (Å²) in [4.78, 5) is 31.0. The molecule has 0 spiro atoms. The zero-order chi connectivity index (χ0) is 13.1. The van der Waals surface area contributed by atoms with Crippen LogP contribution in [-0.2, 0) is 4.79 Å². The van der Waals surface area contributed by atoms with Crippen molar-refractivity contribution in [1.82, 2.24) is 15.2 Å². The number of amides is 2. The highest BCUT2D eigenvalue weighted by Gasteiger charge is 2.22. The summed E-state index contributed by atoms with van der Waals surface area (Å²) in [6.07, 6.45) is 1.60. The van der Waals surface area contributed by atoms with Gasteiger partial charge in [-0.2, -0.15) is 0 Å². The summed E-state index contributed by atoms with van der Waals surface area (Å²) in [5, 5.41) is 2.69. The van der Waals surface area contributed by atoms with Gasteiger partial charge in [0.2, 0.25) is 5.91 Å². The van der Waals surface area contributed by atoms with Crippen LogP contribution in [0.5, 0.6) is 0 Å². The lowest BCUT2D eigenvalue weighted by Crippen LogP contribution is -2.50. The van der Waals surface area contributed by atoms with Crippen LogP contribution in [0.25, 0.3) is 0 Å². The van der Waals surface area contributed by atoms with Gasteiger partial charge in [0.15, 0.2) is 0 Å². The highest BCUT2D eigenvalue weighted by atomic mass is 16.2. The van der Waals surface area contributed by atoms with Gasteiger partial charge < -0.3 is 15.1 Å². The van der Waals surface area contributed by atoms with Gasteiger partial charge in [-0.1, -0.05) is 0 Å². The van der Waals surface area contributed by atoms with E-state index >= 15 is 0 Å². The van der Waals surface area contributed by atoms with Crippen LogP contribution in [0.15, 0.2) is 18.3 Å². The molecule has 0 atom stereocenters. The molecule has 0 unspecified atom stereocenters. The minimum atomic E-state index is -0.129. The Kier molecular flexibility index (Phi) is 3.45. The monoisotopic (exact) mass is 248 g/mol. The van der Waals surface area contributed by atoms with Crippen LogP contribution in [-0.4, -0.2) is 55.4 Å². The highest BCUT2D eigenvalue weighted by molar-refractivity contribution is 5.97. The molecular formula is C12H16N4O2. The van der Waals surface area contributed by atoms with Crippen LogP contribution >= 0.6 is 0 Å². The number of anilines is 1. The van der Waals surface area contributed by atoms with Gasteiger partial charge in [-0.15, -0.1) is 0 Å². The van der Waals surface area contributed by atoms with Crippen molar-refractivity contribution >= 4 is 17.6 Å². The average molecular weight is 248 g/mol. The second-order valence-electron chi connectivity index (χ2n) is 4.37. The number of piperazine rings is 1. The van der Waals surface area contributed by atoms with Crippen molar-refractivity contribution in [3.63, 3.8) is 0 Å². The van der Waals surface area contributed by atoms with E-state index in [-0.39, 0.29) is 18.4 Å². The molecule has 1 aromatic heterocycles. The predicted octanol–water partition coefficient (Wildman–Crippen LogP) is -0.280. The third kappa shape index (κ3) is 2.58. The number of hydrogen-bond donors (Lipinski definition) is 1. The molecule has 6 nitrogen and oxygen atoms in total. The first kappa shape index (κ1) is 12.3. The Hall–Kier alpha value is -2.11. The third-order valence-electron chi connectivity index (χ3n) is 2.78. The van der Waals surface area contributed by atoms with Crippen LogP contribution in [0, 0.1) is 0 Å². The molecule has 2 rings (SSSR count). The maximum absolute atomic E-state index is 12.2. The minimum Gasteiger partial charge on any atom is -0.363 e. The van der Waals surface area contributed by atoms with Crippen LogP contribution in [0.4, 0.5) is 5.82 Å². The van der Waals surface area contributed by atoms with Crippen molar-refractivity contribution < 1.29 is 9.59 Å². The molecule has 0 bridgehead atoms. The first-order valence-electron chi connectivity index (χ1n) is 5.77. The van der Waals surface area contributed by atoms with Gasteiger partial charge in [-0.3, -0.25) is 9.59 Å². The quantitative estimate of drug-likeness (QED) is 0.781. The molecule has 1 aliphatic rings. The van der Waals surface area contributed by atoms with Crippen LogP contribution < -0.4 is 10.2 Å². The van der Waals surface area contributed by atoms with Gasteiger partial charge in [-0.05, 0) is 12.1 Å². The number of nitrogens with one attached hydrogen (secondary N) is 1. The Balaban J connectivity index is 2.17. The molecule has 1 aromatic rings. The lowest BCUT2D eigenvalue weighted by atomic mass is 10.2. The number of nitrogens with zero attached hydrogens (tertiary/aromatic N) is 3. The number of pyridine rings is 1. The van der Waals surface area contributed by atoms with Gasteiger partial charge in [-0.25, -0.2) is 4.98 Å². The van der Waals surface area contributed by atoms with Crippen LogP contribution in [0.3, 0.4) is 0 Å². The largest absolute Gasteiger partial charge is 0.363 e. The third-order valence-corrected chi connectivity index (χ3v) is 2.78. The van der Waals surface area contributed by atoms with E-state index in [9.17, 15) is 9.59 Å². The van der Waals surface area contributed by atoms with E-state index in [1.165, 1.54) is 0 Å². The summed E-state index contributed by atoms with van der Waals surface area (Å²) >= 11 is 0. The molecule has 0 radical (unpaired) electrons. The molecule has 0 aromatic carbocycles. The smallest absolute Gasteiger partial charge is 0.254 e. The standard InChI is InChI=1S/C12H16N4O2/c1-15(2)10-7-9(3-4-13-10)12(18)16-6-5-14-11(17)8-16/h3-4,7H,5-6,8H2,1-2H3,(H,14,17). The van der Waals surface area contributed by atoms with E-state index in [4.69, 9.17) is 0 Å². The van der Waals surface area contributed by atoms with E-state index < -0.39 is 0 Å². The second kappa shape index (κ2) is 5.03. The van der Waals surface area contributed by atoms with E-state index in [0.717, 1.165) is 5.82 Å². The Morgan fingerprint density at radius 2 is 2.28 bits per heavy atom. The topological polar surface area (TPSA) is 65.5 Å². The summed E-state index contributed by atoms with van der Waals surface area (Å²) in [5.41, 5.74) is 0.559. The maximum Gasteiger partial charge on any atom is 0.254 e. The first-order chi connectivity index (χ1) is 8.58. The molecule has 96 valence electrons. The fourth-order valence-corrected chi connectivity index (χ4v) is 1.79. The number of carbonyl (C=O) groups is 2. The molecule has 0 aliphatic carbocycles. The van der Waals surface area contributed by atoms with Gasteiger partial charge in [0.1, 0.15) is 5.82 Å². The molecular weight excluding hydrogens is 232 g/mol. The molecule has 2 heterocycles. The SMILES string of the molecule is CN(C)c1cc(C(=O)N2CCNC(=O)C2)ccn1. The zero-order valence-electron chi connectivity index (χ0n) is 10.5. The van der Waals surface area contributed by atoms with E-state index in [2.05, 4.69) is 10.3 Å². The fourth-order valence-electron chi connectivity index (χ4n) is 1.79. The Bertz CT molecular complexity index is 473. The molecule has 6 heteroatoms. The predicted molar refractivity (Wildman–Crippen MR) is 67.5 cm³/mol. The second-order valence-corrected chi connectivity index (χ2v) is 4.37. The van der Waals surface area contributed by atoms with E-state index in [1.807, 2.05) is 19.0 Å². The van der Waals surface area contributed by atoms with Crippen molar-refractivity contribution in [1.29, 1.82) is 0 Å². The summed E-state index contributed by atoms with van der Waals surface area (Å²) in [6.45, 7) is 1.18. The molecule has 2 amide bonds. The Morgan fingerprint density at radius 1 is 1.50 bits per heavy atom. The number of aromatic nitrogens is 1. The zero-order valence-corrected chi connectivity index (χ0v) is 10.5. The molecule has 1 fully saturated rings. The average Bonchev–Trinajstić information content (AvgIpc) is 2.38. The van der Waals surface area contributed by atoms with Crippen molar-refractivity contribution in [2.24, 2.45) is 0 Å². The van der Waals surface area contributed by atoms with E-state index in [1.54, 1.807) is 23.2 Å². The molecule has 1 N–H and O–H groups in total. The maximum atomic E-state index is 12.2. The summed E-state index contributed by atoms with van der Waals surface area (Å²) in [6, 6.07) is 3.40. The summed E-state index contributed by atoms with van der Waals surface area (Å²) in [7, 11) is 3.73. The van der Waals surface area contributed by atoms with Crippen molar-refractivity contribution in [2.75, 3.05) is 38.6 Å². The van der Waals surface area contributed by atoms with Gasteiger partial charge in [0.25, 0.3) is 5.91 Å². The molecule has 18 heavy (non-hydrogen) atoms. The summed E-state index contributed by atoms with van der Waals surface area (Å²) in [5.74, 6) is 0.481. The van der Waals surface area contributed by atoms with E-state index in [0.29, 0.717) is 18.7 Å². The minimum absolute atomic E-state index is 0.114. The number of hydrogen-bond acceptors (Lipinski definition) is 4. The van der Waals surface area contributed by atoms with Crippen molar-refractivity contribution in [3.8, 4) is 0 Å². The lowest BCUT2D eigenvalue weighted by Gasteiger charge is -2.26. The first-order valence-corrected chi connectivity index (χ1v) is 5.77. The van der Waals surface area contributed by atoms with Crippen molar-refractivity contribution in [3.05, 3.63) is 23.9 Å². The Labute approximate surface area is 106 Å². The molecule has 0 saturated carbocycles. The normalized spacial score (nSPS) is 15.2. The lowest BCUT2D eigenvalue weighted by molar-refractivity contribution is -0.123. The summed E-state index contributed by atoms with van der Waals surface area (Å²) < 4.78 is 0. The molecule has 1 saturated heterocycles.